The molecule has 120 valence electrons. The lowest BCUT2D eigenvalue weighted by atomic mass is 10.3. The molecule has 4 heterocycles. The number of aromatic nitrogens is 7. The molecule has 0 spiro atoms. The van der Waals surface area contributed by atoms with Crippen molar-refractivity contribution >= 4 is 11.0 Å². The van der Waals surface area contributed by atoms with E-state index in [1.165, 1.54) is 0 Å². The van der Waals surface area contributed by atoms with E-state index in [-0.39, 0.29) is 0 Å². The third kappa shape index (κ3) is 2.64. The Balaban J connectivity index is 1.67. The molecule has 0 unspecified atom stereocenters. The molecule has 0 aliphatic heterocycles. The topological polar surface area (TPSA) is 85.2 Å². The van der Waals surface area contributed by atoms with Crippen molar-refractivity contribution in [1.82, 2.24) is 34.5 Å². The zero-order chi connectivity index (χ0) is 16.4. The number of hydrogen-bond donors (Lipinski definition) is 1. The van der Waals surface area contributed by atoms with Crippen LogP contribution in [0.1, 0.15) is 24.9 Å². The van der Waals surface area contributed by atoms with E-state index in [9.17, 15) is 0 Å². The van der Waals surface area contributed by atoms with Gasteiger partial charge in [-0.1, -0.05) is 6.92 Å². The second-order valence-corrected chi connectivity index (χ2v) is 5.57. The molecule has 7 heteroatoms. The molecule has 0 saturated carbocycles. The van der Waals surface area contributed by atoms with Gasteiger partial charge in [-0.15, -0.1) is 0 Å². The van der Waals surface area contributed by atoms with Crippen LogP contribution in [0.3, 0.4) is 0 Å². The minimum Gasteiger partial charge on any atom is -0.340 e. The lowest BCUT2D eigenvalue weighted by molar-refractivity contribution is 0.662. The van der Waals surface area contributed by atoms with E-state index in [1.54, 1.807) is 18.6 Å². The van der Waals surface area contributed by atoms with Gasteiger partial charge in [0.05, 0.1) is 17.9 Å². The molecule has 4 rings (SSSR count). The predicted octanol–water partition coefficient (Wildman–Crippen LogP) is 2.61. The summed E-state index contributed by atoms with van der Waals surface area (Å²) in [4.78, 5) is 25.0. The Morgan fingerprint density at radius 2 is 1.96 bits per heavy atom. The number of nitrogens with one attached hydrogen (secondary N) is 1. The average Bonchev–Trinajstić information content (AvgIpc) is 3.22. The summed E-state index contributed by atoms with van der Waals surface area (Å²) in [6, 6.07) is 2.01. The maximum atomic E-state index is 4.73. The van der Waals surface area contributed by atoms with Crippen LogP contribution in [-0.4, -0.2) is 34.5 Å². The zero-order valence-corrected chi connectivity index (χ0v) is 13.3. The van der Waals surface area contributed by atoms with Crippen LogP contribution in [0.5, 0.6) is 0 Å². The molecule has 0 aliphatic rings. The highest BCUT2D eigenvalue weighted by molar-refractivity contribution is 5.74. The highest BCUT2D eigenvalue weighted by Crippen LogP contribution is 2.19. The first-order valence-corrected chi connectivity index (χ1v) is 7.94. The molecular weight excluding hydrogens is 302 g/mol. The second kappa shape index (κ2) is 6.19. The summed E-state index contributed by atoms with van der Waals surface area (Å²) in [5.41, 5.74) is 3.77. The minimum atomic E-state index is 0.682. The van der Waals surface area contributed by atoms with E-state index in [4.69, 9.17) is 4.98 Å². The van der Waals surface area contributed by atoms with Gasteiger partial charge in [0.1, 0.15) is 17.0 Å². The molecular formula is C17H17N7. The van der Waals surface area contributed by atoms with Gasteiger partial charge in [0.25, 0.3) is 0 Å². The van der Waals surface area contributed by atoms with Crippen LogP contribution in [-0.2, 0) is 13.0 Å². The standard InChI is InChI=1S/C17H17N7/c1-2-7-24-15-3-4-18-10-13(15)23-16(24)8-12-9-21-17(22-12)14-11-19-5-6-20-14/h3-6,9-11H,2,7-8H2,1H3,(H,21,22). The second-order valence-electron chi connectivity index (χ2n) is 5.57. The van der Waals surface area contributed by atoms with E-state index in [1.807, 2.05) is 24.7 Å². The van der Waals surface area contributed by atoms with Crippen molar-refractivity contribution in [2.45, 2.75) is 26.3 Å². The van der Waals surface area contributed by atoms with E-state index in [2.05, 4.69) is 36.4 Å². The molecule has 1 N–H and O–H groups in total. The summed E-state index contributed by atoms with van der Waals surface area (Å²) in [6.07, 6.45) is 12.2. The van der Waals surface area contributed by atoms with Crippen LogP contribution in [0.15, 0.2) is 43.2 Å². The molecule has 0 fully saturated rings. The van der Waals surface area contributed by atoms with Gasteiger partial charge in [-0.2, -0.15) is 0 Å². The van der Waals surface area contributed by atoms with Crippen molar-refractivity contribution in [3.63, 3.8) is 0 Å². The highest BCUT2D eigenvalue weighted by Gasteiger charge is 2.12. The Kier molecular flexibility index (Phi) is 3.74. The summed E-state index contributed by atoms with van der Waals surface area (Å²) in [6.45, 7) is 3.10. The third-order valence-corrected chi connectivity index (χ3v) is 3.86. The molecule has 4 aromatic rings. The quantitative estimate of drug-likeness (QED) is 0.611. The van der Waals surface area contributed by atoms with Crippen molar-refractivity contribution < 1.29 is 0 Å². The first-order chi connectivity index (χ1) is 11.8. The first kappa shape index (κ1) is 14.5. The number of hydrogen-bond acceptors (Lipinski definition) is 5. The number of imidazole rings is 2. The van der Waals surface area contributed by atoms with Gasteiger partial charge in [0, 0.05) is 43.4 Å². The van der Waals surface area contributed by atoms with Crippen LogP contribution < -0.4 is 0 Å². The summed E-state index contributed by atoms with van der Waals surface area (Å²) < 4.78 is 2.25. The van der Waals surface area contributed by atoms with Gasteiger partial charge in [0.2, 0.25) is 0 Å². The lowest BCUT2D eigenvalue weighted by Gasteiger charge is -2.06. The molecule has 0 saturated heterocycles. The fourth-order valence-corrected chi connectivity index (χ4v) is 2.81. The maximum Gasteiger partial charge on any atom is 0.157 e. The number of aryl methyl sites for hydroxylation is 1. The molecule has 0 aliphatic carbocycles. The summed E-state index contributed by atoms with van der Waals surface area (Å²) >= 11 is 0. The summed E-state index contributed by atoms with van der Waals surface area (Å²) in [5, 5.41) is 0. The van der Waals surface area contributed by atoms with Crippen molar-refractivity contribution in [3.8, 4) is 11.5 Å². The van der Waals surface area contributed by atoms with Crippen LogP contribution >= 0.6 is 0 Å². The molecule has 7 nitrogen and oxygen atoms in total. The number of aromatic amines is 1. The van der Waals surface area contributed by atoms with Gasteiger partial charge >= 0.3 is 0 Å². The van der Waals surface area contributed by atoms with Crippen LogP contribution in [0.2, 0.25) is 0 Å². The number of pyridine rings is 1. The molecule has 0 aromatic carbocycles. The Bertz CT molecular complexity index is 955. The fourth-order valence-electron chi connectivity index (χ4n) is 2.81. The van der Waals surface area contributed by atoms with Gasteiger partial charge in [-0.3, -0.25) is 9.97 Å². The van der Waals surface area contributed by atoms with Crippen molar-refractivity contribution in [3.05, 3.63) is 54.8 Å². The van der Waals surface area contributed by atoms with E-state index < -0.39 is 0 Å². The van der Waals surface area contributed by atoms with E-state index in [0.29, 0.717) is 6.42 Å². The SMILES string of the molecule is CCCn1c(Cc2cnc(-c3cnccn3)[nH]2)nc2cnccc21. The van der Waals surface area contributed by atoms with Crippen molar-refractivity contribution in [1.29, 1.82) is 0 Å². The summed E-state index contributed by atoms with van der Waals surface area (Å²) in [7, 11) is 0. The smallest absolute Gasteiger partial charge is 0.157 e. The normalized spacial score (nSPS) is 11.2. The van der Waals surface area contributed by atoms with Crippen LogP contribution in [0.4, 0.5) is 0 Å². The molecule has 0 bridgehead atoms. The Hall–Kier alpha value is -3.09. The number of nitrogens with zero attached hydrogens (tertiary/aromatic N) is 6. The van der Waals surface area contributed by atoms with Gasteiger partial charge < -0.3 is 9.55 Å². The summed E-state index contributed by atoms with van der Waals surface area (Å²) in [5.74, 6) is 1.73. The Morgan fingerprint density at radius 1 is 1.04 bits per heavy atom. The Morgan fingerprint density at radius 3 is 2.79 bits per heavy atom. The molecule has 0 amide bonds. The van der Waals surface area contributed by atoms with Crippen molar-refractivity contribution in [2.75, 3.05) is 0 Å². The average molecular weight is 319 g/mol. The van der Waals surface area contributed by atoms with E-state index >= 15 is 0 Å². The molecule has 24 heavy (non-hydrogen) atoms. The van der Waals surface area contributed by atoms with Crippen LogP contribution in [0, 0.1) is 0 Å². The molecule has 4 aromatic heterocycles. The number of fused-ring (bicyclic) bond motifs is 1. The number of rotatable bonds is 5. The lowest BCUT2D eigenvalue weighted by Crippen LogP contribution is -2.04. The largest absolute Gasteiger partial charge is 0.340 e. The zero-order valence-electron chi connectivity index (χ0n) is 13.3. The Labute approximate surface area is 138 Å². The third-order valence-electron chi connectivity index (χ3n) is 3.86. The van der Waals surface area contributed by atoms with Gasteiger partial charge in [-0.25, -0.2) is 15.0 Å². The molecule has 0 radical (unpaired) electrons. The number of H-pyrrole nitrogens is 1. The fraction of sp³-hybridized carbons (Fsp3) is 0.235. The predicted molar refractivity (Wildman–Crippen MR) is 90.2 cm³/mol. The van der Waals surface area contributed by atoms with Crippen molar-refractivity contribution in [2.24, 2.45) is 0 Å². The first-order valence-electron chi connectivity index (χ1n) is 7.94. The van der Waals surface area contributed by atoms with Crippen LogP contribution in [0.25, 0.3) is 22.6 Å². The molecule has 0 atom stereocenters. The highest BCUT2D eigenvalue weighted by atomic mass is 15.1. The maximum absolute atomic E-state index is 4.73. The van der Waals surface area contributed by atoms with Gasteiger partial charge in [0.15, 0.2) is 5.82 Å². The minimum absolute atomic E-state index is 0.682. The van der Waals surface area contributed by atoms with E-state index in [0.717, 1.165) is 47.0 Å². The van der Waals surface area contributed by atoms with Gasteiger partial charge in [-0.05, 0) is 12.5 Å². The monoisotopic (exact) mass is 319 g/mol.